The van der Waals surface area contributed by atoms with E-state index in [1.807, 2.05) is 11.8 Å². The highest BCUT2D eigenvalue weighted by Gasteiger charge is 2.22. The second kappa shape index (κ2) is 7.21. The normalized spacial score (nSPS) is 21.2. The Morgan fingerprint density at radius 1 is 1.24 bits per heavy atom. The molecule has 0 spiro atoms. The molecule has 21 heavy (non-hydrogen) atoms. The van der Waals surface area contributed by atoms with Gasteiger partial charge in [0, 0.05) is 19.1 Å². The second-order valence-electron chi connectivity index (χ2n) is 6.28. The summed E-state index contributed by atoms with van der Waals surface area (Å²) in [6.07, 6.45) is 4.80. The molecule has 1 aliphatic rings. The molecule has 1 aromatic carbocycles. The van der Waals surface area contributed by atoms with Crippen LogP contribution in [-0.2, 0) is 6.42 Å². The van der Waals surface area contributed by atoms with Crippen molar-refractivity contribution in [3.8, 4) is 0 Å². The largest absolute Gasteiger partial charge is 0.367 e. The van der Waals surface area contributed by atoms with Gasteiger partial charge in [-0.3, -0.25) is 0 Å². The highest BCUT2D eigenvalue weighted by Crippen LogP contribution is 2.29. The molecule has 0 aliphatic carbocycles. The maximum Gasteiger partial charge on any atom is 0.149 e. The van der Waals surface area contributed by atoms with Gasteiger partial charge in [-0.15, -0.1) is 0 Å². The lowest BCUT2D eigenvalue weighted by atomic mass is 9.98. The summed E-state index contributed by atoms with van der Waals surface area (Å²) in [4.78, 5) is 1.87. The van der Waals surface area contributed by atoms with Gasteiger partial charge in [0.05, 0.1) is 0 Å². The third-order valence-electron chi connectivity index (χ3n) is 4.38. The van der Waals surface area contributed by atoms with E-state index in [-0.39, 0.29) is 11.7 Å². The Balaban J connectivity index is 2.19. The predicted molar refractivity (Wildman–Crippen MR) is 83.6 cm³/mol. The Kier molecular flexibility index (Phi) is 5.57. The van der Waals surface area contributed by atoms with E-state index >= 15 is 0 Å². The van der Waals surface area contributed by atoms with Crippen molar-refractivity contribution >= 4 is 5.69 Å². The zero-order chi connectivity index (χ0) is 15.4. The zero-order valence-corrected chi connectivity index (χ0v) is 13.0. The molecular formula is C17H26F2N2. The maximum absolute atomic E-state index is 14.3. The summed E-state index contributed by atoms with van der Waals surface area (Å²) >= 11 is 0. The lowest BCUT2D eigenvalue weighted by Crippen LogP contribution is -2.26. The molecule has 4 heteroatoms. The molecule has 0 radical (unpaired) electrons. The van der Waals surface area contributed by atoms with Crippen LogP contribution in [0.25, 0.3) is 0 Å². The number of anilines is 1. The predicted octanol–water partition coefficient (Wildman–Crippen LogP) is 3.87. The molecular weight excluding hydrogens is 270 g/mol. The van der Waals surface area contributed by atoms with E-state index in [0.717, 1.165) is 38.8 Å². The van der Waals surface area contributed by atoms with Gasteiger partial charge in [-0.1, -0.05) is 13.3 Å². The van der Waals surface area contributed by atoms with Crippen molar-refractivity contribution in [2.45, 2.75) is 52.0 Å². The van der Waals surface area contributed by atoms with Gasteiger partial charge in [-0.05, 0) is 56.2 Å². The molecule has 118 valence electrons. The highest BCUT2D eigenvalue weighted by atomic mass is 19.1. The van der Waals surface area contributed by atoms with E-state index in [0.29, 0.717) is 17.9 Å². The lowest BCUT2D eigenvalue weighted by molar-refractivity contribution is 0.459. The van der Waals surface area contributed by atoms with Gasteiger partial charge in [0.1, 0.15) is 17.3 Å². The summed E-state index contributed by atoms with van der Waals surface area (Å²) in [5, 5.41) is 0. The van der Waals surface area contributed by atoms with Crippen molar-refractivity contribution in [3.05, 3.63) is 29.3 Å². The highest BCUT2D eigenvalue weighted by molar-refractivity contribution is 5.51. The fourth-order valence-corrected chi connectivity index (χ4v) is 3.21. The molecule has 0 amide bonds. The van der Waals surface area contributed by atoms with Crippen molar-refractivity contribution in [2.24, 2.45) is 11.7 Å². The number of hydrogen-bond acceptors (Lipinski definition) is 2. The molecule has 1 saturated heterocycles. The molecule has 0 aromatic heterocycles. The number of nitrogens with two attached hydrogens (primary N) is 1. The van der Waals surface area contributed by atoms with Crippen molar-refractivity contribution in [3.63, 3.8) is 0 Å². The molecule has 2 rings (SSSR count). The number of halogens is 2. The van der Waals surface area contributed by atoms with Gasteiger partial charge in [0.2, 0.25) is 0 Å². The maximum atomic E-state index is 14.3. The summed E-state index contributed by atoms with van der Waals surface area (Å²) < 4.78 is 28.7. The Morgan fingerprint density at radius 2 is 1.90 bits per heavy atom. The summed E-state index contributed by atoms with van der Waals surface area (Å²) in [7, 11) is 0. The quantitative estimate of drug-likeness (QED) is 0.914. The summed E-state index contributed by atoms with van der Waals surface area (Å²) in [5.74, 6) is -0.236. The van der Waals surface area contributed by atoms with Crippen molar-refractivity contribution in [1.82, 2.24) is 0 Å². The molecule has 0 bridgehead atoms. The number of benzene rings is 1. The first-order valence-electron chi connectivity index (χ1n) is 7.99. The molecule has 1 aliphatic heterocycles. The SMILES string of the molecule is CCC1CCCN(c2c(F)cc(CC(C)N)cc2F)CC1. The van der Waals surface area contributed by atoms with E-state index < -0.39 is 11.6 Å². The van der Waals surface area contributed by atoms with E-state index in [1.165, 1.54) is 12.1 Å². The van der Waals surface area contributed by atoms with Crippen LogP contribution in [0.2, 0.25) is 0 Å². The molecule has 2 N–H and O–H groups in total. The van der Waals surface area contributed by atoms with Crippen LogP contribution in [0.4, 0.5) is 14.5 Å². The topological polar surface area (TPSA) is 29.3 Å². The lowest BCUT2D eigenvalue weighted by Gasteiger charge is -2.24. The van der Waals surface area contributed by atoms with Crippen LogP contribution in [-0.4, -0.2) is 19.1 Å². The Hall–Kier alpha value is -1.16. The number of hydrogen-bond donors (Lipinski definition) is 1. The average molecular weight is 296 g/mol. The third-order valence-corrected chi connectivity index (χ3v) is 4.38. The Labute approximate surface area is 126 Å². The molecule has 2 nitrogen and oxygen atoms in total. The third kappa shape index (κ3) is 4.16. The minimum atomic E-state index is -0.458. The van der Waals surface area contributed by atoms with Gasteiger partial charge in [0.25, 0.3) is 0 Å². The monoisotopic (exact) mass is 296 g/mol. The van der Waals surface area contributed by atoms with Crippen LogP contribution in [0.5, 0.6) is 0 Å². The van der Waals surface area contributed by atoms with Crippen LogP contribution in [0, 0.1) is 17.6 Å². The van der Waals surface area contributed by atoms with E-state index in [9.17, 15) is 8.78 Å². The molecule has 1 fully saturated rings. The molecule has 0 saturated carbocycles. The van der Waals surface area contributed by atoms with Crippen LogP contribution in [0.15, 0.2) is 12.1 Å². The van der Waals surface area contributed by atoms with Crippen molar-refractivity contribution in [2.75, 3.05) is 18.0 Å². The standard InChI is InChI=1S/C17H26F2N2/c1-3-13-5-4-7-21(8-6-13)17-15(18)10-14(9-12(2)20)11-16(17)19/h10-13H,3-9,20H2,1-2H3. The summed E-state index contributed by atoms with van der Waals surface area (Å²) in [6.45, 7) is 5.49. The Morgan fingerprint density at radius 3 is 2.48 bits per heavy atom. The second-order valence-corrected chi connectivity index (χ2v) is 6.28. The van der Waals surface area contributed by atoms with E-state index in [2.05, 4.69) is 6.92 Å². The zero-order valence-electron chi connectivity index (χ0n) is 13.0. The van der Waals surface area contributed by atoms with Crippen LogP contribution in [0.1, 0.15) is 45.1 Å². The molecule has 2 atom stereocenters. The minimum absolute atomic E-state index is 0.0989. The number of nitrogens with zero attached hydrogens (tertiary/aromatic N) is 1. The van der Waals surface area contributed by atoms with Crippen molar-refractivity contribution in [1.29, 1.82) is 0 Å². The van der Waals surface area contributed by atoms with Crippen LogP contribution in [0.3, 0.4) is 0 Å². The van der Waals surface area contributed by atoms with Gasteiger partial charge in [-0.2, -0.15) is 0 Å². The fourth-order valence-electron chi connectivity index (χ4n) is 3.21. The average Bonchev–Trinajstić information content (AvgIpc) is 2.62. The smallest absolute Gasteiger partial charge is 0.149 e. The first kappa shape index (κ1) is 16.2. The van der Waals surface area contributed by atoms with Gasteiger partial charge >= 0.3 is 0 Å². The van der Waals surface area contributed by atoms with Crippen LogP contribution >= 0.6 is 0 Å². The molecule has 2 unspecified atom stereocenters. The van der Waals surface area contributed by atoms with E-state index in [1.54, 1.807) is 0 Å². The van der Waals surface area contributed by atoms with Gasteiger partial charge in [0.15, 0.2) is 0 Å². The molecule has 1 heterocycles. The molecule has 1 aromatic rings. The summed E-state index contributed by atoms with van der Waals surface area (Å²) in [5.41, 5.74) is 6.47. The number of rotatable bonds is 4. The minimum Gasteiger partial charge on any atom is -0.367 e. The first-order chi connectivity index (χ1) is 10.0. The first-order valence-corrected chi connectivity index (χ1v) is 7.99. The van der Waals surface area contributed by atoms with Crippen LogP contribution < -0.4 is 10.6 Å². The fraction of sp³-hybridized carbons (Fsp3) is 0.647. The van der Waals surface area contributed by atoms with Crippen molar-refractivity contribution < 1.29 is 8.78 Å². The summed E-state index contributed by atoms with van der Waals surface area (Å²) in [6, 6.07) is 2.77. The van der Waals surface area contributed by atoms with Gasteiger partial charge < -0.3 is 10.6 Å². The van der Waals surface area contributed by atoms with E-state index in [4.69, 9.17) is 5.73 Å². The van der Waals surface area contributed by atoms with Gasteiger partial charge in [-0.25, -0.2) is 8.78 Å². The Bertz CT molecular complexity index is 451.